The minimum absolute atomic E-state index is 0.0761. The van der Waals surface area contributed by atoms with Crippen LogP contribution in [0.15, 0.2) is 40.7 Å². The molecule has 2 atom stereocenters. The monoisotopic (exact) mass is 333 g/mol. The Hall–Kier alpha value is -2.26. The van der Waals surface area contributed by atoms with E-state index in [4.69, 9.17) is 5.73 Å². The fourth-order valence-electron chi connectivity index (χ4n) is 3.07. The van der Waals surface area contributed by atoms with E-state index in [2.05, 4.69) is 5.10 Å². The molecule has 3 N–H and O–H groups in total. The van der Waals surface area contributed by atoms with Crippen molar-refractivity contribution >= 4 is 29.9 Å². The Morgan fingerprint density at radius 1 is 1.48 bits per heavy atom. The summed E-state index contributed by atoms with van der Waals surface area (Å²) in [7, 11) is 0. The number of nitrogens with two attached hydrogens (primary N) is 1. The zero-order valence-electron chi connectivity index (χ0n) is 12.1. The SMILES string of the molecule is N[C@@H]1C(=O)N2C(C(=O)O)=C(CN3C=CN4N=CCC=C34)CS[C@@H]12. The van der Waals surface area contributed by atoms with Crippen molar-refractivity contribution in [2.75, 3.05) is 12.3 Å². The molecule has 0 saturated carbocycles. The maximum atomic E-state index is 11.9. The highest BCUT2D eigenvalue weighted by molar-refractivity contribution is 8.00. The lowest BCUT2D eigenvalue weighted by atomic mass is 10.0. The summed E-state index contributed by atoms with van der Waals surface area (Å²) in [5.41, 5.74) is 6.54. The van der Waals surface area contributed by atoms with Crippen LogP contribution in [0.25, 0.3) is 0 Å². The highest BCUT2D eigenvalue weighted by Gasteiger charge is 2.51. The second-order valence-electron chi connectivity index (χ2n) is 5.56. The highest BCUT2D eigenvalue weighted by atomic mass is 32.2. The molecule has 23 heavy (non-hydrogen) atoms. The van der Waals surface area contributed by atoms with E-state index in [1.54, 1.807) is 11.2 Å². The predicted molar refractivity (Wildman–Crippen MR) is 84.6 cm³/mol. The number of hydrogen-bond donors (Lipinski definition) is 2. The Bertz CT molecular complexity index is 713. The van der Waals surface area contributed by atoms with Gasteiger partial charge in [0, 0.05) is 37.3 Å². The average molecular weight is 333 g/mol. The summed E-state index contributed by atoms with van der Waals surface area (Å²) in [6.45, 7) is 0.411. The summed E-state index contributed by atoms with van der Waals surface area (Å²) in [5.74, 6) is 0.0481. The minimum atomic E-state index is -1.08. The third kappa shape index (κ3) is 2.07. The molecule has 0 radical (unpaired) electrons. The topological polar surface area (TPSA) is 102 Å². The molecule has 4 aliphatic heterocycles. The molecule has 0 aromatic heterocycles. The lowest BCUT2D eigenvalue weighted by molar-refractivity contribution is -0.148. The molecule has 4 heterocycles. The molecule has 1 fully saturated rings. The number of fused-ring (bicyclic) bond motifs is 2. The quantitative estimate of drug-likeness (QED) is 0.695. The van der Waals surface area contributed by atoms with Crippen molar-refractivity contribution in [2.45, 2.75) is 17.8 Å². The number of thioether (sulfide) groups is 1. The molecule has 8 nitrogen and oxygen atoms in total. The van der Waals surface area contributed by atoms with Crippen LogP contribution in [0, 0.1) is 0 Å². The molecule has 0 unspecified atom stereocenters. The van der Waals surface area contributed by atoms with Crippen LogP contribution >= 0.6 is 11.8 Å². The molecule has 120 valence electrons. The first-order chi connectivity index (χ1) is 11.1. The van der Waals surface area contributed by atoms with E-state index in [9.17, 15) is 14.7 Å². The first-order valence-corrected chi connectivity index (χ1v) is 8.25. The number of aliphatic carboxylic acids is 1. The van der Waals surface area contributed by atoms with E-state index in [1.807, 2.05) is 23.4 Å². The van der Waals surface area contributed by atoms with E-state index >= 15 is 0 Å². The lowest BCUT2D eigenvalue weighted by Gasteiger charge is -2.48. The Labute approximate surface area is 136 Å². The molecule has 4 rings (SSSR count). The zero-order valence-corrected chi connectivity index (χ0v) is 12.9. The normalized spacial score (nSPS) is 28.7. The van der Waals surface area contributed by atoms with Crippen LogP contribution in [0.1, 0.15) is 6.42 Å². The van der Waals surface area contributed by atoms with Crippen LogP contribution in [0.3, 0.4) is 0 Å². The van der Waals surface area contributed by atoms with Crippen LogP contribution in [0.2, 0.25) is 0 Å². The number of carbonyl (C=O) groups is 2. The summed E-state index contributed by atoms with van der Waals surface area (Å²) < 4.78 is 0. The summed E-state index contributed by atoms with van der Waals surface area (Å²) in [5, 5.41) is 15.3. The number of β-lactam (4-membered cyclic amide) rings is 1. The molecule has 0 bridgehead atoms. The second kappa shape index (κ2) is 5.14. The van der Waals surface area contributed by atoms with E-state index in [1.165, 1.54) is 16.7 Å². The van der Waals surface area contributed by atoms with Gasteiger partial charge in [-0.05, 0) is 11.6 Å². The third-order valence-corrected chi connectivity index (χ3v) is 5.54. The van der Waals surface area contributed by atoms with Crippen molar-refractivity contribution in [1.29, 1.82) is 0 Å². The average Bonchev–Trinajstić information content (AvgIpc) is 2.96. The van der Waals surface area contributed by atoms with E-state index in [0.717, 1.165) is 12.2 Å². The lowest BCUT2D eigenvalue weighted by Crippen LogP contribution is -2.68. The minimum Gasteiger partial charge on any atom is -0.477 e. The van der Waals surface area contributed by atoms with Gasteiger partial charge in [-0.25, -0.2) is 9.80 Å². The van der Waals surface area contributed by atoms with Gasteiger partial charge in [0.2, 0.25) is 5.91 Å². The van der Waals surface area contributed by atoms with Gasteiger partial charge in [0.05, 0.1) is 0 Å². The van der Waals surface area contributed by atoms with Crippen molar-refractivity contribution in [2.24, 2.45) is 10.8 Å². The molecular formula is C14H15N5O3S. The predicted octanol–water partition coefficient (Wildman–Crippen LogP) is -0.113. The summed E-state index contributed by atoms with van der Waals surface area (Å²) in [4.78, 5) is 26.9. The second-order valence-corrected chi connectivity index (χ2v) is 6.66. The number of amides is 1. The van der Waals surface area contributed by atoms with Crippen molar-refractivity contribution in [3.8, 4) is 0 Å². The Kier molecular flexibility index (Phi) is 3.20. The van der Waals surface area contributed by atoms with E-state index in [0.29, 0.717) is 17.9 Å². The van der Waals surface area contributed by atoms with Gasteiger partial charge in [0.1, 0.15) is 22.9 Å². The van der Waals surface area contributed by atoms with Gasteiger partial charge in [0.25, 0.3) is 0 Å². The number of nitrogens with zero attached hydrogens (tertiary/aromatic N) is 4. The van der Waals surface area contributed by atoms with Crippen LogP contribution in [0.5, 0.6) is 0 Å². The molecule has 1 saturated heterocycles. The van der Waals surface area contributed by atoms with Gasteiger partial charge in [-0.3, -0.25) is 9.69 Å². The molecule has 0 aromatic rings. The fourth-order valence-corrected chi connectivity index (χ4v) is 4.35. The van der Waals surface area contributed by atoms with E-state index < -0.39 is 12.0 Å². The molecule has 0 aliphatic carbocycles. The molecule has 0 aromatic carbocycles. The summed E-state index contributed by atoms with van der Waals surface area (Å²) >= 11 is 1.51. The Morgan fingerprint density at radius 2 is 2.30 bits per heavy atom. The number of rotatable bonds is 3. The van der Waals surface area contributed by atoms with Gasteiger partial charge in [-0.1, -0.05) is 0 Å². The van der Waals surface area contributed by atoms with Gasteiger partial charge in [-0.2, -0.15) is 5.10 Å². The zero-order chi connectivity index (χ0) is 16.1. The number of carboxylic acid groups (broad SMARTS) is 1. The Balaban J connectivity index is 1.62. The Morgan fingerprint density at radius 3 is 3.09 bits per heavy atom. The van der Waals surface area contributed by atoms with Crippen molar-refractivity contribution in [1.82, 2.24) is 14.8 Å². The number of hydrogen-bond acceptors (Lipinski definition) is 7. The highest BCUT2D eigenvalue weighted by Crippen LogP contribution is 2.40. The molecule has 0 spiro atoms. The van der Waals surface area contributed by atoms with Crippen LogP contribution in [-0.2, 0) is 9.59 Å². The molecule has 4 aliphatic rings. The largest absolute Gasteiger partial charge is 0.477 e. The van der Waals surface area contributed by atoms with E-state index in [-0.39, 0.29) is 17.0 Å². The molecule has 1 amide bonds. The third-order valence-electron chi connectivity index (χ3n) is 4.18. The van der Waals surface area contributed by atoms with Crippen LogP contribution in [0.4, 0.5) is 0 Å². The van der Waals surface area contributed by atoms with Gasteiger partial charge < -0.3 is 15.7 Å². The molecule has 9 heteroatoms. The van der Waals surface area contributed by atoms with Crippen LogP contribution in [-0.4, -0.2) is 61.7 Å². The van der Waals surface area contributed by atoms with Gasteiger partial charge in [-0.15, -0.1) is 11.8 Å². The number of hydrazone groups is 1. The van der Waals surface area contributed by atoms with Crippen molar-refractivity contribution in [3.63, 3.8) is 0 Å². The maximum absolute atomic E-state index is 11.9. The van der Waals surface area contributed by atoms with Gasteiger partial charge >= 0.3 is 5.97 Å². The standard InChI is InChI=1S/C14H15N5O3S/c15-10-12(20)19-11(14(21)22)8(7-23-13(10)19)6-17-4-5-18-9(17)2-1-3-16-18/h2-5,10,13H,1,6-7,15H2,(H,21,22)/t10-,13+/m1/s1. The van der Waals surface area contributed by atoms with Crippen molar-refractivity contribution in [3.05, 3.63) is 35.6 Å². The smallest absolute Gasteiger partial charge is 0.352 e. The number of allylic oxidation sites excluding steroid dienone is 1. The van der Waals surface area contributed by atoms with Crippen molar-refractivity contribution < 1.29 is 14.7 Å². The van der Waals surface area contributed by atoms with Gasteiger partial charge in [0.15, 0.2) is 0 Å². The first-order valence-electron chi connectivity index (χ1n) is 7.20. The fraction of sp³-hybridized carbons (Fsp3) is 0.357. The summed E-state index contributed by atoms with van der Waals surface area (Å²) in [6.07, 6.45) is 8.26. The number of carbonyl (C=O) groups excluding carboxylic acids is 1. The first kappa shape index (κ1) is 14.3. The summed E-state index contributed by atoms with van der Waals surface area (Å²) in [6, 6.07) is -0.603. The molecular weight excluding hydrogens is 318 g/mol. The van der Waals surface area contributed by atoms with Crippen LogP contribution < -0.4 is 5.73 Å². The number of carboxylic acids is 1. The maximum Gasteiger partial charge on any atom is 0.352 e.